The van der Waals surface area contributed by atoms with Gasteiger partial charge in [0.15, 0.2) is 5.65 Å². The minimum atomic E-state index is -0.185. The van der Waals surface area contributed by atoms with E-state index in [2.05, 4.69) is 10.1 Å². The van der Waals surface area contributed by atoms with Crippen molar-refractivity contribution in [2.45, 2.75) is 13.8 Å². The van der Waals surface area contributed by atoms with Crippen LogP contribution in [0.5, 0.6) is 5.75 Å². The molecule has 0 spiro atoms. The molecule has 6 heteroatoms. The van der Waals surface area contributed by atoms with E-state index in [4.69, 9.17) is 4.98 Å². The van der Waals surface area contributed by atoms with Gasteiger partial charge in [-0.3, -0.25) is 9.89 Å². The second-order valence-corrected chi connectivity index (χ2v) is 8.63. The number of nitrogens with zero attached hydrogens (tertiary/aromatic N) is 3. The Hall–Kier alpha value is -4.71. The SMILES string of the molecule is Cc1nc2ccc(-c3c(C)nc4c(-c5ccccc5)c(-c5ccccc5)[nH]n4c3=O)cc2cc1O. The Kier molecular flexibility index (Phi) is 4.74. The first kappa shape index (κ1) is 20.9. The lowest BCUT2D eigenvalue weighted by atomic mass is 10.0. The number of aromatic nitrogens is 4. The predicted octanol–water partition coefficient (Wildman–Crippen LogP) is 5.89. The topological polar surface area (TPSA) is 83.3 Å². The number of fused-ring (bicyclic) bond motifs is 2. The van der Waals surface area contributed by atoms with E-state index in [9.17, 15) is 9.90 Å². The molecule has 0 atom stereocenters. The van der Waals surface area contributed by atoms with Crippen molar-refractivity contribution in [1.29, 1.82) is 0 Å². The highest BCUT2D eigenvalue weighted by Gasteiger charge is 2.21. The van der Waals surface area contributed by atoms with Crippen LogP contribution in [0.2, 0.25) is 0 Å². The molecule has 0 fully saturated rings. The fourth-order valence-electron chi connectivity index (χ4n) is 4.62. The third-order valence-electron chi connectivity index (χ3n) is 6.35. The van der Waals surface area contributed by atoms with E-state index < -0.39 is 0 Å². The first-order chi connectivity index (χ1) is 17.0. The third-order valence-corrected chi connectivity index (χ3v) is 6.35. The van der Waals surface area contributed by atoms with Gasteiger partial charge in [0.2, 0.25) is 0 Å². The fraction of sp³-hybridized carbons (Fsp3) is 0.0690. The Morgan fingerprint density at radius 3 is 2.14 bits per heavy atom. The number of aromatic hydroxyl groups is 1. The molecule has 0 unspecified atom stereocenters. The molecule has 0 aliphatic rings. The standard InChI is InChI=1S/C29H22N4O2/c1-17-24(34)16-22-15-21(13-14-23(22)30-17)25-18(2)31-28-26(19-9-5-3-6-10-19)27(32-33(28)29(25)35)20-11-7-4-8-12-20/h3-16,32,34H,1-2H3. The number of aryl methyl sites for hydroxylation is 2. The lowest BCUT2D eigenvalue weighted by molar-refractivity contribution is 0.469. The van der Waals surface area contributed by atoms with Gasteiger partial charge in [0.05, 0.1) is 33.7 Å². The van der Waals surface area contributed by atoms with Gasteiger partial charge in [-0.25, -0.2) is 9.97 Å². The van der Waals surface area contributed by atoms with Crippen LogP contribution in [0.4, 0.5) is 0 Å². The minimum absolute atomic E-state index is 0.126. The molecular weight excluding hydrogens is 436 g/mol. The molecule has 0 aliphatic carbocycles. The zero-order valence-corrected chi connectivity index (χ0v) is 19.3. The predicted molar refractivity (Wildman–Crippen MR) is 139 cm³/mol. The molecule has 0 radical (unpaired) electrons. The van der Waals surface area contributed by atoms with Crippen molar-refractivity contribution >= 4 is 16.6 Å². The molecule has 6 rings (SSSR count). The molecule has 0 aliphatic heterocycles. The highest BCUT2D eigenvalue weighted by Crippen LogP contribution is 2.35. The number of hydrogen-bond acceptors (Lipinski definition) is 4. The van der Waals surface area contributed by atoms with Crippen LogP contribution in [0.3, 0.4) is 0 Å². The molecule has 3 aromatic carbocycles. The third kappa shape index (κ3) is 3.38. The van der Waals surface area contributed by atoms with Crippen molar-refractivity contribution in [1.82, 2.24) is 19.6 Å². The molecule has 6 aromatic rings. The van der Waals surface area contributed by atoms with Crippen molar-refractivity contribution in [3.63, 3.8) is 0 Å². The van der Waals surface area contributed by atoms with Crippen LogP contribution in [-0.2, 0) is 0 Å². The quantitative estimate of drug-likeness (QED) is 0.346. The number of H-pyrrole nitrogens is 1. The number of hydrogen-bond donors (Lipinski definition) is 2. The van der Waals surface area contributed by atoms with Gasteiger partial charge in [-0.05, 0) is 43.2 Å². The Morgan fingerprint density at radius 1 is 0.743 bits per heavy atom. The van der Waals surface area contributed by atoms with Crippen molar-refractivity contribution in [2.75, 3.05) is 0 Å². The molecule has 2 N–H and O–H groups in total. The average Bonchev–Trinajstić information content (AvgIpc) is 3.25. The normalized spacial score (nSPS) is 11.4. The van der Waals surface area contributed by atoms with E-state index in [1.807, 2.05) is 85.8 Å². The lowest BCUT2D eigenvalue weighted by Crippen LogP contribution is -2.19. The van der Waals surface area contributed by atoms with Crippen LogP contribution in [0.25, 0.3) is 50.1 Å². The van der Waals surface area contributed by atoms with Gasteiger partial charge < -0.3 is 5.11 Å². The summed E-state index contributed by atoms with van der Waals surface area (Å²) in [6.45, 7) is 3.62. The van der Waals surface area contributed by atoms with Crippen molar-refractivity contribution in [3.05, 3.63) is 107 Å². The second-order valence-electron chi connectivity index (χ2n) is 8.63. The molecule has 0 saturated carbocycles. The zero-order valence-electron chi connectivity index (χ0n) is 19.3. The zero-order chi connectivity index (χ0) is 24.1. The van der Waals surface area contributed by atoms with E-state index in [-0.39, 0.29) is 11.3 Å². The molecule has 0 bridgehead atoms. The highest BCUT2D eigenvalue weighted by atomic mass is 16.3. The summed E-state index contributed by atoms with van der Waals surface area (Å²) in [5, 5.41) is 14.2. The van der Waals surface area contributed by atoms with Crippen LogP contribution >= 0.6 is 0 Å². The van der Waals surface area contributed by atoms with E-state index >= 15 is 0 Å². The number of benzene rings is 3. The van der Waals surface area contributed by atoms with E-state index in [0.29, 0.717) is 22.6 Å². The summed E-state index contributed by atoms with van der Waals surface area (Å²) in [4.78, 5) is 23.2. The molecule has 0 saturated heterocycles. The van der Waals surface area contributed by atoms with Crippen LogP contribution in [0, 0.1) is 13.8 Å². The van der Waals surface area contributed by atoms with Crippen molar-refractivity contribution in [3.8, 4) is 39.3 Å². The Morgan fingerprint density at radius 2 is 1.43 bits per heavy atom. The number of rotatable bonds is 3. The van der Waals surface area contributed by atoms with Gasteiger partial charge in [-0.2, -0.15) is 4.52 Å². The summed E-state index contributed by atoms with van der Waals surface area (Å²) < 4.78 is 1.53. The van der Waals surface area contributed by atoms with Gasteiger partial charge in [0.1, 0.15) is 5.75 Å². The number of nitrogens with one attached hydrogen (secondary N) is 1. The van der Waals surface area contributed by atoms with Crippen LogP contribution < -0.4 is 5.56 Å². The van der Waals surface area contributed by atoms with Crippen LogP contribution in [0.1, 0.15) is 11.4 Å². The molecule has 3 aromatic heterocycles. The van der Waals surface area contributed by atoms with Gasteiger partial charge in [0, 0.05) is 10.9 Å². The molecule has 3 heterocycles. The van der Waals surface area contributed by atoms with Crippen LogP contribution in [-0.4, -0.2) is 24.7 Å². The summed E-state index contributed by atoms with van der Waals surface area (Å²) in [6, 6.07) is 27.2. The Bertz CT molecular complexity index is 1790. The first-order valence-electron chi connectivity index (χ1n) is 11.4. The first-order valence-corrected chi connectivity index (χ1v) is 11.4. The summed E-state index contributed by atoms with van der Waals surface area (Å²) in [7, 11) is 0. The summed E-state index contributed by atoms with van der Waals surface area (Å²) >= 11 is 0. The molecule has 6 nitrogen and oxygen atoms in total. The van der Waals surface area contributed by atoms with Crippen LogP contribution in [0.15, 0.2) is 89.7 Å². The largest absolute Gasteiger partial charge is 0.506 e. The fourth-order valence-corrected chi connectivity index (χ4v) is 4.62. The summed E-state index contributed by atoms with van der Waals surface area (Å²) in [5.74, 6) is 0.126. The van der Waals surface area contributed by atoms with Gasteiger partial charge in [0.25, 0.3) is 5.56 Å². The second kappa shape index (κ2) is 7.95. The maximum Gasteiger partial charge on any atom is 0.280 e. The molecular formula is C29H22N4O2. The van der Waals surface area contributed by atoms with Crippen molar-refractivity contribution in [2.24, 2.45) is 0 Å². The van der Waals surface area contributed by atoms with E-state index in [1.54, 1.807) is 13.0 Å². The van der Waals surface area contributed by atoms with E-state index in [1.165, 1.54) is 4.52 Å². The summed E-state index contributed by atoms with van der Waals surface area (Å²) in [5.41, 5.74) is 7.25. The maximum atomic E-state index is 13.9. The van der Waals surface area contributed by atoms with Gasteiger partial charge >= 0.3 is 0 Å². The number of pyridine rings is 1. The molecule has 0 amide bonds. The Balaban J connectivity index is 1.64. The summed E-state index contributed by atoms with van der Waals surface area (Å²) in [6.07, 6.45) is 0. The van der Waals surface area contributed by atoms with E-state index in [0.717, 1.165) is 38.9 Å². The average molecular weight is 459 g/mol. The molecule has 170 valence electrons. The van der Waals surface area contributed by atoms with Crippen molar-refractivity contribution < 1.29 is 5.11 Å². The smallest absolute Gasteiger partial charge is 0.280 e. The minimum Gasteiger partial charge on any atom is -0.506 e. The highest BCUT2D eigenvalue weighted by molar-refractivity contribution is 5.91. The van der Waals surface area contributed by atoms with Gasteiger partial charge in [-0.1, -0.05) is 66.7 Å². The molecule has 35 heavy (non-hydrogen) atoms. The monoisotopic (exact) mass is 458 g/mol. The lowest BCUT2D eigenvalue weighted by Gasteiger charge is -2.09. The number of aromatic amines is 1. The Labute approximate surface area is 201 Å². The maximum absolute atomic E-state index is 13.9. The van der Waals surface area contributed by atoms with Gasteiger partial charge in [-0.15, -0.1) is 0 Å².